The molecular weight excluding hydrogens is 338 g/mol. The van der Waals surface area contributed by atoms with Gasteiger partial charge in [0.15, 0.2) is 9.84 Å². The van der Waals surface area contributed by atoms with Crippen LogP contribution in [0.5, 0.6) is 0 Å². The number of carbonyl (C=O) groups is 1. The van der Waals surface area contributed by atoms with E-state index in [1.54, 1.807) is 12.1 Å². The van der Waals surface area contributed by atoms with Crippen LogP contribution in [0, 0.1) is 0 Å². The molecule has 0 spiro atoms. The van der Waals surface area contributed by atoms with E-state index in [2.05, 4.69) is 4.90 Å². The minimum atomic E-state index is -3.47. The minimum Gasteiger partial charge on any atom is -0.466 e. The van der Waals surface area contributed by atoms with E-state index in [0.29, 0.717) is 21.9 Å². The molecule has 0 saturated carbocycles. The number of rotatable bonds is 2. The molecule has 5 nitrogen and oxygen atoms in total. The van der Waals surface area contributed by atoms with E-state index in [1.165, 1.54) is 13.2 Å². The largest absolute Gasteiger partial charge is 0.466 e. The smallest absolute Gasteiger partial charge is 0.335 e. The Bertz CT molecular complexity index is 779. The average molecular weight is 356 g/mol. The van der Waals surface area contributed by atoms with E-state index in [0.717, 1.165) is 25.9 Å². The van der Waals surface area contributed by atoms with E-state index in [1.807, 2.05) is 0 Å². The Morgan fingerprint density at radius 3 is 2.61 bits per heavy atom. The molecule has 0 radical (unpaired) electrons. The first-order valence-electron chi connectivity index (χ1n) is 7.53. The normalized spacial score (nSPS) is 20.2. The molecule has 23 heavy (non-hydrogen) atoms. The number of carbonyl (C=O) groups excluding carboxylic acids is 1. The molecular formula is C16H18ClNO4S. The van der Waals surface area contributed by atoms with Crippen molar-refractivity contribution in [2.24, 2.45) is 0 Å². The van der Waals surface area contributed by atoms with E-state index >= 15 is 0 Å². The molecule has 7 heteroatoms. The quantitative estimate of drug-likeness (QED) is 0.763. The third-order valence-electron chi connectivity index (χ3n) is 4.29. The third-order valence-corrected chi connectivity index (χ3v) is 6.30. The van der Waals surface area contributed by atoms with Gasteiger partial charge in [-0.3, -0.25) is 0 Å². The fourth-order valence-electron chi connectivity index (χ4n) is 3.21. The second-order valence-corrected chi connectivity index (χ2v) is 8.24. The molecule has 1 aromatic carbocycles. The average Bonchev–Trinajstić information content (AvgIpc) is 3.00. The first-order chi connectivity index (χ1) is 10.9. The van der Waals surface area contributed by atoms with Crippen LogP contribution in [0.25, 0.3) is 5.70 Å². The maximum absolute atomic E-state index is 12.6. The molecule has 0 aliphatic carbocycles. The Kier molecular flexibility index (Phi) is 4.38. The molecule has 0 N–H and O–H groups in total. The zero-order chi connectivity index (χ0) is 16.6. The lowest BCUT2D eigenvalue weighted by Gasteiger charge is -2.25. The third kappa shape index (κ3) is 2.97. The fourth-order valence-corrected chi connectivity index (χ4v) is 4.84. The van der Waals surface area contributed by atoms with Crippen LogP contribution in [0.2, 0.25) is 5.02 Å². The van der Waals surface area contributed by atoms with E-state index in [-0.39, 0.29) is 17.1 Å². The van der Waals surface area contributed by atoms with Crippen molar-refractivity contribution in [1.82, 2.24) is 4.90 Å². The highest BCUT2D eigenvalue weighted by Crippen LogP contribution is 2.37. The predicted molar refractivity (Wildman–Crippen MR) is 87.9 cm³/mol. The predicted octanol–water partition coefficient (Wildman–Crippen LogP) is 2.50. The molecule has 0 unspecified atom stereocenters. The summed E-state index contributed by atoms with van der Waals surface area (Å²) in [4.78, 5) is 14.6. The second kappa shape index (κ2) is 6.17. The van der Waals surface area contributed by atoms with E-state index in [4.69, 9.17) is 16.3 Å². The van der Waals surface area contributed by atoms with Crippen LogP contribution < -0.4 is 0 Å². The molecule has 0 atom stereocenters. The molecule has 1 saturated heterocycles. The number of likely N-dealkylation sites (tertiary alicyclic amines) is 1. The molecule has 3 rings (SSSR count). The number of halogens is 1. The number of methoxy groups -OCH3 is 1. The summed E-state index contributed by atoms with van der Waals surface area (Å²) < 4.78 is 30.1. The lowest BCUT2D eigenvalue weighted by Crippen LogP contribution is -2.22. The summed E-state index contributed by atoms with van der Waals surface area (Å²) in [6.45, 7) is 1.59. The number of hydrogen-bond acceptors (Lipinski definition) is 5. The van der Waals surface area contributed by atoms with Gasteiger partial charge >= 0.3 is 5.97 Å². The highest BCUT2D eigenvalue weighted by atomic mass is 35.5. The molecule has 1 fully saturated rings. The number of fused-ring (bicyclic) bond motifs is 1. The highest BCUT2D eigenvalue weighted by Gasteiger charge is 2.33. The van der Waals surface area contributed by atoms with Crippen LogP contribution in [-0.2, 0) is 19.4 Å². The van der Waals surface area contributed by atoms with Gasteiger partial charge in [-0.1, -0.05) is 11.6 Å². The Hall–Kier alpha value is -1.53. The van der Waals surface area contributed by atoms with Crippen molar-refractivity contribution in [2.45, 2.75) is 24.2 Å². The van der Waals surface area contributed by atoms with Gasteiger partial charge in [0.05, 0.1) is 29.0 Å². The standard InChI is InChI=1S/C16H18ClNO4S/c1-22-16(19)12-6-9-23(20,21)14-5-4-11(17)10-13(14)15(12)18-7-2-3-8-18/h4-5,10H,2-3,6-9H2,1H3. The van der Waals surface area contributed by atoms with Gasteiger partial charge in [0.2, 0.25) is 0 Å². The lowest BCUT2D eigenvalue weighted by atomic mass is 10.0. The summed E-state index contributed by atoms with van der Waals surface area (Å²) in [6, 6.07) is 4.74. The maximum Gasteiger partial charge on any atom is 0.335 e. The van der Waals surface area contributed by atoms with E-state index < -0.39 is 15.8 Å². The van der Waals surface area contributed by atoms with Crippen LogP contribution >= 0.6 is 11.6 Å². The number of ether oxygens (including phenoxy) is 1. The molecule has 0 bridgehead atoms. The molecule has 0 amide bonds. The van der Waals surface area contributed by atoms with Crippen molar-refractivity contribution in [3.05, 3.63) is 34.4 Å². The van der Waals surface area contributed by atoms with Crippen LogP contribution in [0.1, 0.15) is 24.8 Å². The van der Waals surface area contributed by atoms with Gasteiger partial charge < -0.3 is 9.64 Å². The molecule has 1 aromatic rings. The monoisotopic (exact) mass is 355 g/mol. The van der Waals surface area contributed by atoms with Gasteiger partial charge in [-0.05, 0) is 37.5 Å². The number of esters is 1. The van der Waals surface area contributed by atoms with Crippen molar-refractivity contribution in [3.8, 4) is 0 Å². The summed E-state index contributed by atoms with van der Waals surface area (Å²) >= 11 is 6.10. The molecule has 2 aliphatic rings. The number of hydrogen-bond donors (Lipinski definition) is 0. The van der Waals surface area contributed by atoms with E-state index in [9.17, 15) is 13.2 Å². The van der Waals surface area contributed by atoms with Crippen molar-refractivity contribution in [1.29, 1.82) is 0 Å². The van der Waals surface area contributed by atoms with Crippen LogP contribution in [0.15, 0.2) is 28.7 Å². The van der Waals surface area contributed by atoms with Crippen molar-refractivity contribution >= 4 is 33.1 Å². The second-order valence-electron chi connectivity index (χ2n) is 5.72. The fraction of sp³-hybridized carbons (Fsp3) is 0.438. The van der Waals surface area contributed by atoms with Crippen LogP contribution in [-0.4, -0.2) is 45.2 Å². The number of benzene rings is 1. The molecule has 2 heterocycles. The Labute approximate surface area is 140 Å². The lowest BCUT2D eigenvalue weighted by molar-refractivity contribution is -0.136. The minimum absolute atomic E-state index is 0.108. The summed E-state index contributed by atoms with van der Waals surface area (Å²) in [7, 11) is -2.15. The zero-order valence-electron chi connectivity index (χ0n) is 12.8. The first-order valence-corrected chi connectivity index (χ1v) is 9.56. The van der Waals surface area contributed by atoms with Crippen LogP contribution in [0.4, 0.5) is 0 Å². The van der Waals surface area contributed by atoms with Crippen molar-refractivity contribution < 1.29 is 17.9 Å². The molecule has 2 aliphatic heterocycles. The van der Waals surface area contributed by atoms with Gasteiger partial charge in [-0.15, -0.1) is 0 Å². The Morgan fingerprint density at radius 1 is 1.26 bits per heavy atom. The SMILES string of the molecule is COC(=O)C1=C(N2CCCC2)c2cc(Cl)ccc2S(=O)(=O)CC1. The van der Waals surface area contributed by atoms with Gasteiger partial charge in [-0.2, -0.15) is 0 Å². The summed E-state index contributed by atoms with van der Waals surface area (Å²) in [5.74, 6) is -0.585. The molecule has 124 valence electrons. The Morgan fingerprint density at radius 2 is 1.96 bits per heavy atom. The van der Waals surface area contributed by atoms with Crippen LogP contribution in [0.3, 0.4) is 0 Å². The van der Waals surface area contributed by atoms with Crippen molar-refractivity contribution in [2.75, 3.05) is 26.0 Å². The van der Waals surface area contributed by atoms with Gasteiger partial charge in [0.1, 0.15) is 0 Å². The summed E-state index contributed by atoms with van der Waals surface area (Å²) in [5, 5.41) is 0.446. The molecule has 0 aromatic heterocycles. The maximum atomic E-state index is 12.6. The topological polar surface area (TPSA) is 63.7 Å². The zero-order valence-corrected chi connectivity index (χ0v) is 14.4. The van der Waals surface area contributed by atoms with Gasteiger partial charge in [0, 0.05) is 23.7 Å². The summed E-state index contributed by atoms with van der Waals surface area (Å²) in [6.07, 6.45) is 2.17. The number of nitrogens with zero attached hydrogens (tertiary/aromatic N) is 1. The first kappa shape index (κ1) is 16.3. The van der Waals surface area contributed by atoms with Gasteiger partial charge in [-0.25, -0.2) is 13.2 Å². The Balaban J connectivity index is 2.29. The summed E-state index contributed by atoms with van der Waals surface area (Å²) in [5.41, 5.74) is 1.59. The number of sulfone groups is 1. The highest BCUT2D eigenvalue weighted by molar-refractivity contribution is 7.91. The van der Waals surface area contributed by atoms with Gasteiger partial charge in [0.25, 0.3) is 0 Å². The van der Waals surface area contributed by atoms with Crippen molar-refractivity contribution in [3.63, 3.8) is 0 Å².